The number of hydrogen-bond acceptors (Lipinski definition) is 7. The lowest BCUT2D eigenvalue weighted by atomic mass is 10.2. The first-order valence-electron chi connectivity index (χ1n) is 7.96. The zero-order chi connectivity index (χ0) is 16.8. The van der Waals surface area contributed by atoms with Crippen LogP contribution < -0.4 is 20.1 Å². The maximum atomic E-state index is 5.60. The topological polar surface area (TPSA) is 77.5 Å². The Bertz CT molecular complexity index is 675. The van der Waals surface area contributed by atoms with E-state index in [9.17, 15) is 0 Å². The van der Waals surface area contributed by atoms with E-state index in [1.807, 2.05) is 24.3 Å². The first kappa shape index (κ1) is 16.3. The second-order valence-corrected chi connectivity index (χ2v) is 5.48. The van der Waals surface area contributed by atoms with Crippen molar-refractivity contribution in [1.82, 2.24) is 9.97 Å². The lowest BCUT2D eigenvalue weighted by Gasteiger charge is -2.13. The minimum atomic E-state index is 0.266. The summed E-state index contributed by atoms with van der Waals surface area (Å²) in [7, 11) is 3.21. The van der Waals surface area contributed by atoms with Crippen molar-refractivity contribution in [1.29, 1.82) is 0 Å². The highest BCUT2D eigenvalue weighted by atomic mass is 16.5. The quantitative estimate of drug-likeness (QED) is 0.808. The van der Waals surface area contributed by atoms with E-state index < -0.39 is 0 Å². The maximum absolute atomic E-state index is 5.60. The van der Waals surface area contributed by atoms with Gasteiger partial charge in [0.15, 0.2) is 11.5 Å². The molecule has 1 aliphatic heterocycles. The molecule has 1 unspecified atom stereocenters. The van der Waals surface area contributed by atoms with E-state index in [-0.39, 0.29) is 6.10 Å². The van der Waals surface area contributed by atoms with Gasteiger partial charge in [0.2, 0.25) is 5.95 Å². The molecule has 1 fully saturated rings. The molecule has 3 rings (SSSR count). The molecule has 0 aliphatic carbocycles. The zero-order valence-electron chi connectivity index (χ0n) is 13.9. The monoisotopic (exact) mass is 330 g/mol. The van der Waals surface area contributed by atoms with Crippen molar-refractivity contribution in [2.75, 3.05) is 38.0 Å². The Labute approximate surface area is 141 Å². The van der Waals surface area contributed by atoms with Crippen LogP contribution in [-0.2, 0) is 4.74 Å². The third kappa shape index (κ3) is 4.05. The lowest BCUT2D eigenvalue weighted by Crippen LogP contribution is -2.19. The van der Waals surface area contributed by atoms with Gasteiger partial charge in [-0.2, -0.15) is 4.98 Å². The van der Waals surface area contributed by atoms with Gasteiger partial charge >= 0.3 is 0 Å². The van der Waals surface area contributed by atoms with Gasteiger partial charge in [0.05, 0.1) is 20.3 Å². The molecule has 2 aromatic rings. The number of benzene rings is 1. The summed E-state index contributed by atoms with van der Waals surface area (Å²) in [5.74, 6) is 2.61. The fourth-order valence-corrected chi connectivity index (χ4v) is 2.58. The molecule has 0 spiro atoms. The largest absolute Gasteiger partial charge is 0.493 e. The Morgan fingerprint density at radius 3 is 2.83 bits per heavy atom. The van der Waals surface area contributed by atoms with E-state index in [2.05, 4.69) is 20.6 Å². The minimum Gasteiger partial charge on any atom is -0.493 e. The average Bonchev–Trinajstić information content (AvgIpc) is 3.14. The van der Waals surface area contributed by atoms with E-state index in [0.717, 1.165) is 37.5 Å². The number of rotatable bonds is 7. The first-order chi connectivity index (χ1) is 11.8. The zero-order valence-corrected chi connectivity index (χ0v) is 13.9. The average molecular weight is 330 g/mol. The summed E-state index contributed by atoms with van der Waals surface area (Å²) in [5.41, 5.74) is 0.823. The predicted octanol–water partition coefficient (Wildman–Crippen LogP) is 2.83. The molecule has 128 valence electrons. The van der Waals surface area contributed by atoms with Gasteiger partial charge in [-0.1, -0.05) is 0 Å². The number of methoxy groups -OCH3 is 2. The van der Waals surface area contributed by atoms with Crippen LogP contribution in [0.2, 0.25) is 0 Å². The molecule has 1 aliphatic rings. The summed E-state index contributed by atoms with van der Waals surface area (Å²) in [5, 5.41) is 6.46. The van der Waals surface area contributed by atoms with Crippen molar-refractivity contribution in [3.05, 3.63) is 30.5 Å². The molecule has 1 saturated heterocycles. The SMILES string of the molecule is COc1ccc(Nc2nccc(NCC3CCCO3)n2)cc1OC. The fourth-order valence-electron chi connectivity index (χ4n) is 2.58. The van der Waals surface area contributed by atoms with E-state index in [0.29, 0.717) is 17.4 Å². The predicted molar refractivity (Wildman–Crippen MR) is 92.3 cm³/mol. The molecule has 1 aromatic carbocycles. The molecule has 24 heavy (non-hydrogen) atoms. The molecule has 1 aromatic heterocycles. The van der Waals surface area contributed by atoms with E-state index in [1.165, 1.54) is 0 Å². The third-order valence-electron chi connectivity index (χ3n) is 3.83. The lowest BCUT2D eigenvalue weighted by molar-refractivity contribution is 0.120. The van der Waals surface area contributed by atoms with Gasteiger partial charge in [-0.25, -0.2) is 4.98 Å². The smallest absolute Gasteiger partial charge is 0.229 e. The van der Waals surface area contributed by atoms with Crippen molar-refractivity contribution in [2.24, 2.45) is 0 Å². The van der Waals surface area contributed by atoms with Gasteiger partial charge in [-0.15, -0.1) is 0 Å². The Morgan fingerprint density at radius 1 is 1.21 bits per heavy atom. The van der Waals surface area contributed by atoms with Gasteiger partial charge in [-0.05, 0) is 31.0 Å². The number of anilines is 3. The number of aromatic nitrogens is 2. The second kappa shape index (κ2) is 7.83. The summed E-state index contributed by atoms with van der Waals surface area (Å²) in [4.78, 5) is 8.71. The van der Waals surface area contributed by atoms with Gasteiger partial charge in [0, 0.05) is 31.1 Å². The summed E-state index contributed by atoms with van der Waals surface area (Å²) < 4.78 is 16.1. The van der Waals surface area contributed by atoms with Gasteiger partial charge in [0.1, 0.15) is 5.82 Å². The van der Waals surface area contributed by atoms with Crippen LogP contribution in [0.1, 0.15) is 12.8 Å². The summed E-state index contributed by atoms with van der Waals surface area (Å²) in [6.07, 6.45) is 4.20. The molecule has 2 N–H and O–H groups in total. The molecule has 0 saturated carbocycles. The Morgan fingerprint density at radius 2 is 2.08 bits per heavy atom. The van der Waals surface area contributed by atoms with Gasteiger partial charge in [-0.3, -0.25) is 0 Å². The first-order valence-corrected chi connectivity index (χ1v) is 7.96. The highest BCUT2D eigenvalue weighted by Crippen LogP contribution is 2.30. The van der Waals surface area contributed by atoms with Crippen LogP contribution in [0, 0.1) is 0 Å². The van der Waals surface area contributed by atoms with Crippen LogP contribution in [0.3, 0.4) is 0 Å². The van der Waals surface area contributed by atoms with Crippen LogP contribution in [0.25, 0.3) is 0 Å². The number of hydrogen-bond donors (Lipinski definition) is 2. The van der Waals surface area contributed by atoms with Crippen LogP contribution in [0.5, 0.6) is 11.5 Å². The van der Waals surface area contributed by atoms with Crippen LogP contribution in [0.15, 0.2) is 30.5 Å². The Balaban J connectivity index is 1.65. The fraction of sp³-hybridized carbons (Fsp3) is 0.412. The van der Waals surface area contributed by atoms with Crippen molar-refractivity contribution >= 4 is 17.5 Å². The Kier molecular flexibility index (Phi) is 5.32. The summed E-state index contributed by atoms with van der Waals surface area (Å²) >= 11 is 0. The van der Waals surface area contributed by atoms with Crippen molar-refractivity contribution in [3.8, 4) is 11.5 Å². The molecule has 7 heteroatoms. The van der Waals surface area contributed by atoms with Crippen molar-refractivity contribution in [3.63, 3.8) is 0 Å². The highest BCUT2D eigenvalue weighted by molar-refractivity contribution is 5.60. The molecule has 0 radical (unpaired) electrons. The summed E-state index contributed by atoms with van der Waals surface area (Å²) in [6.45, 7) is 1.61. The molecular formula is C17H22N4O3. The normalized spacial score (nSPS) is 16.7. The third-order valence-corrected chi connectivity index (χ3v) is 3.83. The van der Waals surface area contributed by atoms with E-state index in [1.54, 1.807) is 20.4 Å². The minimum absolute atomic E-state index is 0.266. The van der Waals surface area contributed by atoms with Crippen LogP contribution in [0.4, 0.5) is 17.5 Å². The van der Waals surface area contributed by atoms with Gasteiger partial charge < -0.3 is 24.8 Å². The molecule has 7 nitrogen and oxygen atoms in total. The van der Waals surface area contributed by atoms with Crippen LogP contribution in [-0.4, -0.2) is 43.4 Å². The van der Waals surface area contributed by atoms with Crippen molar-refractivity contribution < 1.29 is 14.2 Å². The van der Waals surface area contributed by atoms with E-state index in [4.69, 9.17) is 14.2 Å². The molecule has 0 bridgehead atoms. The summed E-state index contributed by atoms with van der Waals surface area (Å²) in [6, 6.07) is 7.40. The van der Waals surface area contributed by atoms with Gasteiger partial charge in [0.25, 0.3) is 0 Å². The standard InChI is InChI=1S/C17H22N4O3/c1-22-14-6-5-12(10-15(14)23-2)20-17-18-8-7-16(21-17)19-11-13-4-3-9-24-13/h5-8,10,13H,3-4,9,11H2,1-2H3,(H2,18,19,20,21). The Hall–Kier alpha value is -2.54. The number of ether oxygens (including phenoxy) is 3. The highest BCUT2D eigenvalue weighted by Gasteiger charge is 2.15. The van der Waals surface area contributed by atoms with Crippen LogP contribution >= 0.6 is 0 Å². The second-order valence-electron chi connectivity index (χ2n) is 5.48. The van der Waals surface area contributed by atoms with Crippen molar-refractivity contribution in [2.45, 2.75) is 18.9 Å². The molecule has 2 heterocycles. The molecule has 1 atom stereocenters. The maximum Gasteiger partial charge on any atom is 0.229 e. The molecular weight excluding hydrogens is 308 g/mol. The number of nitrogens with zero attached hydrogens (tertiary/aromatic N) is 2. The van der Waals surface area contributed by atoms with E-state index >= 15 is 0 Å². The molecule has 0 amide bonds. The number of nitrogens with one attached hydrogen (secondary N) is 2.